The van der Waals surface area contributed by atoms with Crippen molar-refractivity contribution in [2.24, 2.45) is 5.73 Å². The predicted molar refractivity (Wildman–Crippen MR) is 53.1 cm³/mol. The molecule has 0 aromatic rings. The van der Waals surface area contributed by atoms with Crippen LogP contribution in [0.2, 0.25) is 0 Å². The molecule has 0 radical (unpaired) electrons. The summed E-state index contributed by atoms with van der Waals surface area (Å²) in [6, 6.07) is 0. The molecule has 1 aliphatic rings. The van der Waals surface area contributed by atoms with Crippen LogP contribution in [-0.4, -0.2) is 40.2 Å². The number of thiocarbonyl (C=S) groups is 1. The lowest BCUT2D eigenvalue weighted by Gasteiger charge is -2.35. The molecule has 0 bridgehead atoms. The largest absolute Gasteiger partial charge is 0.392 e. The van der Waals surface area contributed by atoms with Crippen LogP contribution in [-0.2, 0) is 0 Å². The average Bonchev–Trinajstić information content (AvgIpc) is 1.93. The van der Waals surface area contributed by atoms with Crippen molar-refractivity contribution in [2.75, 3.05) is 19.6 Å². The van der Waals surface area contributed by atoms with Crippen LogP contribution < -0.4 is 5.73 Å². The van der Waals surface area contributed by atoms with Crippen LogP contribution in [0.3, 0.4) is 0 Å². The molecule has 0 aromatic carbocycles. The van der Waals surface area contributed by atoms with Gasteiger partial charge < -0.3 is 10.8 Å². The molecule has 1 fully saturated rings. The highest BCUT2D eigenvalue weighted by Gasteiger charge is 2.26. The number of nitrogens with zero attached hydrogens (tertiary/aromatic N) is 1. The van der Waals surface area contributed by atoms with Gasteiger partial charge in [0.2, 0.25) is 0 Å². The van der Waals surface area contributed by atoms with E-state index < -0.39 is 5.60 Å². The number of piperidine rings is 1. The fraction of sp³-hybridized carbons (Fsp3) is 0.875. The highest BCUT2D eigenvalue weighted by Crippen LogP contribution is 2.20. The van der Waals surface area contributed by atoms with Crippen LogP contribution in [0, 0.1) is 0 Å². The Morgan fingerprint density at radius 2 is 2.08 bits per heavy atom. The van der Waals surface area contributed by atoms with E-state index in [1.54, 1.807) is 0 Å². The van der Waals surface area contributed by atoms with Crippen molar-refractivity contribution >= 4 is 17.2 Å². The van der Waals surface area contributed by atoms with Gasteiger partial charge in [-0.3, -0.25) is 4.90 Å². The molecule has 0 atom stereocenters. The van der Waals surface area contributed by atoms with Gasteiger partial charge in [-0.15, -0.1) is 0 Å². The standard InChI is InChI=1S/C8H16N2OS/c1-8(11)2-4-10(5-3-8)6-7(9)12/h11H,2-6H2,1H3,(H2,9,12). The fourth-order valence-electron chi connectivity index (χ4n) is 1.41. The molecular formula is C8H16N2OS. The Labute approximate surface area is 78.5 Å². The zero-order valence-electron chi connectivity index (χ0n) is 7.42. The lowest BCUT2D eigenvalue weighted by atomic mass is 9.94. The number of hydrogen-bond acceptors (Lipinski definition) is 3. The molecular weight excluding hydrogens is 172 g/mol. The maximum absolute atomic E-state index is 9.64. The van der Waals surface area contributed by atoms with E-state index in [0.29, 0.717) is 11.5 Å². The molecule has 0 aliphatic carbocycles. The van der Waals surface area contributed by atoms with E-state index in [1.807, 2.05) is 6.92 Å². The Kier molecular flexibility index (Phi) is 3.04. The SMILES string of the molecule is CC1(O)CCN(CC(N)=S)CC1. The molecule has 4 heteroatoms. The van der Waals surface area contributed by atoms with Gasteiger partial charge in [-0.25, -0.2) is 0 Å². The summed E-state index contributed by atoms with van der Waals surface area (Å²) in [5.41, 5.74) is 4.94. The lowest BCUT2D eigenvalue weighted by Crippen LogP contribution is -2.45. The van der Waals surface area contributed by atoms with Gasteiger partial charge in [-0.05, 0) is 19.8 Å². The van der Waals surface area contributed by atoms with Crippen LogP contribution in [0.5, 0.6) is 0 Å². The van der Waals surface area contributed by atoms with E-state index in [4.69, 9.17) is 18.0 Å². The quantitative estimate of drug-likeness (QED) is 0.604. The van der Waals surface area contributed by atoms with Crippen molar-refractivity contribution in [1.82, 2.24) is 4.90 Å². The summed E-state index contributed by atoms with van der Waals surface area (Å²) in [6.07, 6.45) is 1.63. The molecule has 1 rings (SSSR count). The first-order valence-electron chi connectivity index (χ1n) is 4.23. The van der Waals surface area contributed by atoms with E-state index in [-0.39, 0.29) is 0 Å². The summed E-state index contributed by atoms with van der Waals surface area (Å²) in [5, 5.41) is 9.64. The molecule has 1 saturated heterocycles. The molecule has 70 valence electrons. The van der Waals surface area contributed by atoms with Crippen molar-refractivity contribution in [3.8, 4) is 0 Å². The molecule has 0 aromatic heterocycles. The monoisotopic (exact) mass is 188 g/mol. The second kappa shape index (κ2) is 3.68. The second-order valence-electron chi connectivity index (χ2n) is 3.74. The minimum absolute atomic E-state index is 0.479. The minimum atomic E-state index is -0.479. The third-order valence-corrected chi connectivity index (χ3v) is 2.44. The Morgan fingerprint density at radius 3 is 2.50 bits per heavy atom. The number of nitrogens with two attached hydrogens (primary N) is 1. The number of likely N-dealkylation sites (tertiary alicyclic amines) is 1. The Morgan fingerprint density at radius 1 is 1.58 bits per heavy atom. The van der Waals surface area contributed by atoms with Gasteiger partial charge >= 0.3 is 0 Å². The van der Waals surface area contributed by atoms with E-state index in [1.165, 1.54) is 0 Å². The van der Waals surface area contributed by atoms with E-state index in [0.717, 1.165) is 25.9 Å². The summed E-state index contributed by atoms with van der Waals surface area (Å²) in [5.74, 6) is 0. The first kappa shape index (κ1) is 9.89. The third-order valence-electron chi connectivity index (χ3n) is 2.31. The molecule has 3 N–H and O–H groups in total. The summed E-state index contributed by atoms with van der Waals surface area (Å²) in [4.78, 5) is 2.72. The summed E-state index contributed by atoms with van der Waals surface area (Å²) in [6.45, 7) is 4.35. The second-order valence-corrected chi connectivity index (χ2v) is 4.26. The van der Waals surface area contributed by atoms with Crippen LogP contribution in [0.25, 0.3) is 0 Å². The van der Waals surface area contributed by atoms with Crippen LogP contribution in [0.1, 0.15) is 19.8 Å². The maximum Gasteiger partial charge on any atom is 0.0870 e. The van der Waals surface area contributed by atoms with E-state index in [9.17, 15) is 5.11 Å². The zero-order chi connectivity index (χ0) is 9.19. The minimum Gasteiger partial charge on any atom is -0.392 e. The molecule has 1 heterocycles. The van der Waals surface area contributed by atoms with Gasteiger partial charge in [0, 0.05) is 19.6 Å². The topological polar surface area (TPSA) is 49.5 Å². The Bertz CT molecular complexity index is 172. The molecule has 3 nitrogen and oxygen atoms in total. The Balaban J connectivity index is 2.31. The van der Waals surface area contributed by atoms with Crippen molar-refractivity contribution in [3.05, 3.63) is 0 Å². The third kappa shape index (κ3) is 3.05. The predicted octanol–water partition coefficient (Wildman–Crippen LogP) is 0.119. The van der Waals surface area contributed by atoms with Crippen LogP contribution >= 0.6 is 12.2 Å². The summed E-state index contributed by atoms with van der Waals surface area (Å²) in [7, 11) is 0. The van der Waals surface area contributed by atoms with Crippen molar-refractivity contribution < 1.29 is 5.11 Å². The molecule has 0 amide bonds. The van der Waals surface area contributed by atoms with Gasteiger partial charge in [-0.2, -0.15) is 0 Å². The molecule has 12 heavy (non-hydrogen) atoms. The van der Waals surface area contributed by atoms with E-state index in [2.05, 4.69) is 4.90 Å². The summed E-state index contributed by atoms with van der Waals surface area (Å²) < 4.78 is 0. The number of hydrogen-bond donors (Lipinski definition) is 2. The lowest BCUT2D eigenvalue weighted by molar-refractivity contribution is -0.00147. The molecule has 0 unspecified atom stereocenters. The highest BCUT2D eigenvalue weighted by molar-refractivity contribution is 7.80. The zero-order valence-corrected chi connectivity index (χ0v) is 8.23. The van der Waals surface area contributed by atoms with Gasteiger partial charge in [0.05, 0.1) is 10.6 Å². The maximum atomic E-state index is 9.64. The van der Waals surface area contributed by atoms with Gasteiger partial charge in [0.25, 0.3) is 0 Å². The van der Waals surface area contributed by atoms with Crippen molar-refractivity contribution in [2.45, 2.75) is 25.4 Å². The molecule has 1 aliphatic heterocycles. The van der Waals surface area contributed by atoms with Crippen LogP contribution in [0.15, 0.2) is 0 Å². The molecule has 0 spiro atoms. The van der Waals surface area contributed by atoms with E-state index >= 15 is 0 Å². The van der Waals surface area contributed by atoms with Gasteiger partial charge in [0.15, 0.2) is 0 Å². The number of rotatable bonds is 2. The van der Waals surface area contributed by atoms with Crippen molar-refractivity contribution in [3.63, 3.8) is 0 Å². The first-order chi connectivity index (χ1) is 5.49. The van der Waals surface area contributed by atoms with Gasteiger partial charge in [-0.1, -0.05) is 12.2 Å². The summed E-state index contributed by atoms with van der Waals surface area (Å²) >= 11 is 4.81. The normalized spacial score (nSPS) is 23.8. The average molecular weight is 188 g/mol. The van der Waals surface area contributed by atoms with Gasteiger partial charge in [0.1, 0.15) is 0 Å². The Hall–Kier alpha value is -0.190. The van der Waals surface area contributed by atoms with Crippen molar-refractivity contribution in [1.29, 1.82) is 0 Å². The fourth-order valence-corrected chi connectivity index (χ4v) is 1.60. The highest BCUT2D eigenvalue weighted by atomic mass is 32.1. The van der Waals surface area contributed by atoms with Crippen LogP contribution in [0.4, 0.5) is 0 Å². The first-order valence-corrected chi connectivity index (χ1v) is 4.63. The molecule has 0 saturated carbocycles. The smallest absolute Gasteiger partial charge is 0.0870 e. The number of aliphatic hydroxyl groups is 1.